The van der Waals surface area contributed by atoms with Crippen LogP contribution >= 0.6 is 0 Å². The molecule has 1 heterocycles. The quantitative estimate of drug-likeness (QED) is 0.133. The molecular formula is C38H44N4O5. The van der Waals surface area contributed by atoms with E-state index in [-0.39, 0.29) is 11.8 Å². The lowest BCUT2D eigenvalue weighted by Crippen LogP contribution is -2.51. The molecule has 47 heavy (non-hydrogen) atoms. The highest BCUT2D eigenvalue weighted by Gasteiger charge is 2.25. The van der Waals surface area contributed by atoms with E-state index in [0.717, 1.165) is 52.8 Å². The van der Waals surface area contributed by atoms with Crippen molar-refractivity contribution in [1.82, 2.24) is 20.6 Å². The van der Waals surface area contributed by atoms with Crippen LogP contribution in [-0.4, -0.2) is 51.5 Å². The number of aliphatic carboxylic acids is 1. The molecule has 4 rings (SSSR count). The zero-order valence-electron chi connectivity index (χ0n) is 27.7. The van der Waals surface area contributed by atoms with Crippen molar-refractivity contribution in [1.29, 1.82) is 0 Å². The second-order valence-electron chi connectivity index (χ2n) is 12.7. The fourth-order valence-electron chi connectivity index (χ4n) is 4.89. The van der Waals surface area contributed by atoms with Gasteiger partial charge in [-0.15, -0.1) is 0 Å². The molecule has 0 spiro atoms. The maximum absolute atomic E-state index is 13.1. The van der Waals surface area contributed by atoms with Gasteiger partial charge in [0.25, 0.3) is 5.91 Å². The maximum atomic E-state index is 13.1. The lowest BCUT2D eigenvalue weighted by atomic mass is 9.86. The summed E-state index contributed by atoms with van der Waals surface area (Å²) in [5, 5.41) is 14.6. The smallest absolute Gasteiger partial charge is 0.325 e. The Morgan fingerprint density at radius 2 is 1.43 bits per heavy atom. The van der Waals surface area contributed by atoms with E-state index in [0.29, 0.717) is 18.0 Å². The highest BCUT2D eigenvalue weighted by atomic mass is 16.5. The van der Waals surface area contributed by atoms with E-state index in [1.54, 1.807) is 24.5 Å². The Hall–Kier alpha value is -5.05. The minimum atomic E-state index is -1.17. The molecule has 0 aliphatic carbocycles. The number of carboxylic acids is 1. The number of unbranched alkanes of at least 4 members (excludes halogenated alkanes) is 2. The van der Waals surface area contributed by atoms with Crippen molar-refractivity contribution in [2.75, 3.05) is 6.61 Å². The van der Waals surface area contributed by atoms with Gasteiger partial charge < -0.3 is 20.5 Å². The Labute approximate surface area is 276 Å². The van der Waals surface area contributed by atoms with Gasteiger partial charge in [-0.3, -0.25) is 14.4 Å². The van der Waals surface area contributed by atoms with E-state index in [1.807, 2.05) is 60.7 Å². The summed E-state index contributed by atoms with van der Waals surface area (Å²) in [6.07, 6.45) is 7.07. The largest absolute Gasteiger partial charge is 0.494 e. The number of carbonyl (C=O) groups is 3. The molecular weight excluding hydrogens is 592 g/mol. The van der Waals surface area contributed by atoms with E-state index in [9.17, 15) is 19.5 Å². The van der Waals surface area contributed by atoms with Gasteiger partial charge in [-0.2, -0.15) is 0 Å². The Bertz CT molecular complexity index is 1630. The van der Waals surface area contributed by atoms with Gasteiger partial charge in [-0.05, 0) is 59.7 Å². The standard InChI is InChI=1S/C38H44N4O5/c1-6-7-8-21-47-32-19-15-27(16-20-32)30-23-39-34(40-24-30)28-11-9-26(10-12-28)22-33(36(44)41-25(2)37(45)46)42-35(43)29-13-17-31(18-14-29)38(3,4)5/h9-20,23-25,33H,6-8,21-22H2,1-5H3,(H,41,44)(H,42,43)(H,45,46). The zero-order chi connectivity index (χ0) is 34.0. The predicted octanol–water partition coefficient (Wildman–Crippen LogP) is 6.61. The van der Waals surface area contributed by atoms with Crippen LogP contribution in [0, 0.1) is 0 Å². The first kappa shape index (κ1) is 34.8. The van der Waals surface area contributed by atoms with Crippen molar-refractivity contribution in [3.8, 4) is 28.3 Å². The molecule has 3 aromatic carbocycles. The molecule has 0 aliphatic rings. The predicted molar refractivity (Wildman–Crippen MR) is 183 cm³/mol. The van der Waals surface area contributed by atoms with E-state index in [4.69, 9.17) is 4.74 Å². The summed E-state index contributed by atoms with van der Waals surface area (Å²) in [5.74, 6) is -0.785. The van der Waals surface area contributed by atoms with Gasteiger partial charge in [0, 0.05) is 35.5 Å². The van der Waals surface area contributed by atoms with Gasteiger partial charge >= 0.3 is 5.97 Å². The topological polar surface area (TPSA) is 131 Å². The third-order valence-corrected chi connectivity index (χ3v) is 7.87. The van der Waals surface area contributed by atoms with E-state index in [1.165, 1.54) is 6.92 Å². The molecule has 0 saturated heterocycles. The molecule has 0 saturated carbocycles. The highest BCUT2D eigenvalue weighted by molar-refractivity contribution is 5.98. The lowest BCUT2D eigenvalue weighted by molar-refractivity contribution is -0.141. The van der Waals surface area contributed by atoms with Gasteiger partial charge in [0.05, 0.1) is 6.61 Å². The number of carbonyl (C=O) groups excluding carboxylic acids is 2. The Kier molecular flexibility index (Phi) is 11.8. The highest BCUT2D eigenvalue weighted by Crippen LogP contribution is 2.24. The molecule has 0 radical (unpaired) electrons. The van der Waals surface area contributed by atoms with Crippen LogP contribution in [0.1, 0.15) is 75.4 Å². The number of amides is 2. The summed E-state index contributed by atoms with van der Waals surface area (Å²) in [5.41, 5.74) is 4.85. The third kappa shape index (κ3) is 9.97. The summed E-state index contributed by atoms with van der Waals surface area (Å²) in [7, 11) is 0. The summed E-state index contributed by atoms with van der Waals surface area (Å²) in [6, 6.07) is 20.4. The summed E-state index contributed by atoms with van der Waals surface area (Å²) in [4.78, 5) is 46.8. The molecule has 3 N–H and O–H groups in total. The molecule has 1 aromatic heterocycles. The summed E-state index contributed by atoms with van der Waals surface area (Å²) >= 11 is 0. The maximum Gasteiger partial charge on any atom is 0.325 e. The molecule has 2 unspecified atom stereocenters. The first-order chi connectivity index (χ1) is 22.4. The summed E-state index contributed by atoms with van der Waals surface area (Å²) in [6.45, 7) is 10.5. The van der Waals surface area contributed by atoms with Crippen LogP contribution in [-0.2, 0) is 21.4 Å². The Morgan fingerprint density at radius 3 is 2.00 bits per heavy atom. The van der Waals surface area contributed by atoms with Crippen molar-refractivity contribution in [2.24, 2.45) is 0 Å². The molecule has 246 valence electrons. The van der Waals surface area contributed by atoms with Crippen LogP contribution < -0.4 is 15.4 Å². The van der Waals surface area contributed by atoms with Crippen LogP contribution in [0.3, 0.4) is 0 Å². The number of benzene rings is 3. The van der Waals surface area contributed by atoms with Crippen molar-refractivity contribution >= 4 is 17.8 Å². The average Bonchev–Trinajstić information content (AvgIpc) is 3.06. The molecule has 4 aromatic rings. The number of ether oxygens (including phenoxy) is 1. The third-order valence-electron chi connectivity index (χ3n) is 7.87. The molecule has 0 fully saturated rings. The van der Waals surface area contributed by atoms with Crippen LogP contribution in [0.5, 0.6) is 5.75 Å². The fraction of sp³-hybridized carbons (Fsp3) is 0.342. The van der Waals surface area contributed by atoms with Crippen molar-refractivity contribution in [3.63, 3.8) is 0 Å². The second-order valence-corrected chi connectivity index (χ2v) is 12.7. The fourth-order valence-corrected chi connectivity index (χ4v) is 4.89. The molecule has 2 amide bonds. The van der Waals surface area contributed by atoms with E-state index < -0.39 is 29.9 Å². The van der Waals surface area contributed by atoms with Crippen LogP contribution in [0.2, 0.25) is 0 Å². The van der Waals surface area contributed by atoms with Crippen molar-refractivity contribution in [3.05, 3.63) is 102 Å². The minimum Gasteiger partial charge on any atom is -0.494 e. The van der Waals surface area contributed by atoms with Gasteiger partial charge in [0.15, 0.2) is 5.82 Å². The van der Waals surface area contributed by atoms with Crippen LogP contribution in [0.4, 0.5) is 0 Å². The van der Waals surface area contributed by atoms with Gasteiger partial charge in [-0.25, -0.2) is 9.97 Å². The summed E-state index contributed by atoms with van der Waals surface area (Å²) < 4.78 is 5.80. The SMILES string of the molecule is CCCCCOc1ccc(-c2cnc(-c3ccc(CC(NC(=O)c4ccc(C(C)(C)C)cc4)C(=O)NC(C)C(=O)O)cc3)nc2)cc1. The minimum absolute atomic E-state index is 0.0706. The number of hydrogen-bond acceptors (Lipinski definition) is 6. The monoisotopic (exact) mass is 636 g/mol. The van der Waals surface area contributed by atoms with Gasteiger partial charge in [0.2, 0.25) is 5.91 Å². The Balaban J connectivity index is 1.44. The number of hydrogen-bond donors (Lipinski definition) is 3. The average molecular weight is 637 g/mol. The van der Waals surface area contributed by atoms with E-state index >= 15 is 0 Å². The number of carboxylic acid groups (broad SMARTS) is 1. The van der Waals surface area contributed by atoms with E-state index in [2.05, 4.69) is 48.3 Å². The van der Waals surface area contributed by atoms with Gasteiger partial charge in [0.1, 0.15) is 17.8 Å². The number of nitrogens with zero attached hydrogens (tertiary/aromatic N) is 2. The number of rotatable bonds is 14. The number of nitrogens with one attached hydrogen (secondary N) is 2. The molecule has 0 bridgehead atoms. The number of aromatic nitrogens is 2. The van der Waals surface area contributed by atoms with Crippen LogP contribution in [0.25, 0.3) is 22.5 Å². The lowest BCUT2D eigenvalue weighted by Gasteiger charge is -2.21. The molecule has 9 heteroatoms. The first-order valence-corrected chi connectivity index (χ1v) is 16.0. The first-order valence-electron chi connectivity index (χ1n) is 16.0. The van der Waals surface area contributed by atoms with Gasteiger partial charge in [-0.1, -0.05) is 89.1 Å². The molecule has 2 atom stereocenters. The van der Waals surface area contributed by atoms with Crippen molar-refractivity contribution < 1.29 is 24.2 Å². The van der Waals surface area contributed by atoms with Crippen molar-refractivity contribution in [2.45, 2.75) is 77.8 Å². The molecule has 9 nitrogen and oxygen atoms in total. The normalized spacial score (nSPS) is 12.5. The Morgan fingerprint density at radius 1 is 0.809 bits per heavy atom. The zero-order valence-corrected chi connectivity index (χ0v) is 27.7. The second kappa shape index (κ2) is 16.0. The van der Waals surface area contributed by atoms with Crippen LogP contribution in [0.15, 0.2) is 85.2 Å². The molecule has 0 aliphatic heterocycles.